The molecule has 1 atom stereocenters. The minimum atomic E-state index is -5.03. The summed E-state index contributed by atoms with van der Waals surface area (Å²) in [5, 5.41) is 8.25. The Bertz CT molecular complexity index is 1050. The molecule has 0 aromatic heterocycles. The molecule has 0 bridgehead atoms. The van der Waals surface area contributed by atoms with Crippen molar-refractivity contribution in [2.45, 2.75) is 18.5 Å². The summed E-state index contributed by atoms with van der Waals surface area (Å²) < 4.78 is 88.5. The van der Waals surface area contributed by atoms with Crippen molar-refractivity contribution in [1.29, 1.82) is 0 Å². The highest BCUT2D eigenvalue weighted by molar-refractivity contribution is 6.32. The van der Waals surface area contributed by atoms with Crippen LogP contribution in [0.15, 0.2) is 35.9 Å². The lowest BCUT2D eigenvalue weighted by Crippen LogP contribution is -2.40. The van der Waals surface area contributed by atoms with Gasteiger partial charge in [0.2, 0.25) is 6.10 Å². The summed E-state index contributed by atoms with van der Waals surface area (Å²) in [4.78, 5) is 11.1. The van der Waals surface area contributed by atoms with Crippen LogP contribution in [0.1, 0.15) is 11.1 Å². The molecule has 1 N–H and O–H groups in total. The van der Waals surface area contributed by atoms with Crippen LogP contribution in [0.5, 0.6) is 17.2 Å². The van der Waals surface area contributed by atoms with Crippen LogP contribution in [0.2, 0.25) is 10.0 Å². The normalized spacial score (nSPS) is 16.4. The molecule has 160 valence electrons. The lowest BCUT2D eigenvalue weighted by atomic mass is 10.0. The van der Waals surface area contributed by atoms with Gasteiger partial charge in [0, 0.05) is 11.6 Å². The molecule has 1 aliphatic rings. The zero-order valence-corrected chi connectivity index (χ0v) is 15.7. The molecule has 0 saturated carbocycles. The van der Waals surface area contributed by atoms with Gasteiger partial charge in [-0.1, -0.05) is 23.2 Å². The van der Waals surface area contributed by atoms with Gasteiger partial charge in [-0.25, -0.2) is 4.79 Å². The molecular weight excluding hydrogens is 465 g/mol. The zero-order chi connectivity index (χ0) is 22.4. The van der Waals surface area contributed by atoms with E-state index >= 15 is 0 Å². The predicted molar refractivity (Wildman–Crippen MR) is 94.1 cm³/mol. The number of rotatable bonds is 3. The van der Waals surface area contributed by atoms with Crippen molar-refractivity contribution in [2.24, 2.45) is 0 Å². The minimum absolute atomic E-state index is 0.0719. The largest absolute Gasteiger partial charge is 0.478 e. The average Bonchev–Trinajstić information content (AvgIpc) is 2.61. The molecule has 0 saturated heterocycles. The Hall–Kier alpha value is -2.59. The van der Waals surface area contributed by atoms with Crippen molar-refractivity contribution >= 4 is 35.2 Å². The van der Waals surface area contributed by atoms with Crippen molar-refractivity contribution in [3.05, 3.63) is 57.1 Å². The molecule has 2 aromatic rings. The number of carboxylic acids is 1. The maximum Gasteiger partial charge on any atom is 0.430 e. The van der Waals surface area contributed by atoms with Crippen LogP contribution in [0.25, 0.3) is 6.08 Å². The third-order valence-corrected chi connectivity index (χ3v) is 4.54. The first-order chi connectivity index (χ1) is 13.8. The van der Waals surface area contributed by atoms with E-state index in [1.54, 1.807) is 0 Å². The van der Waals surface area contributed by atoms with Gasteiger partial charge < -0.3 is 14.6 Å². The average molecular weight is 473 g/mol. The summed E-state index contributed by atoms with van der Waals surface area (Å²) in [5.41, 5.74) is -2.30. The number of carboxylic acid groups (broad SMARTS) is 1. The van der Waals surface area contributed by atoms with Gasteiger partial charge in [0.15, 0.2) is 0 Å². The summed E-state index contributed by atoms with van der Waals surface area (Å²) >= 11 is 11.5. The van der Waals surface area contributed by atoms with Gasteiger partial charge in [-0.05, 0) is 30.3 Å². The molecule has 1 unspecified atom stereocenters. The second-order valence-electron chi connectivity index (χ2n) is 6.01. The Kier molecular flexibility index (Phi) is 5.59. The molecule has 30 heavy (non-hydrogen) atoms. The predicted octanol–water partition coefficient (Wildman–Crippen LogP) is 6.60. The maximum absolute atomic E-state index is 13.2. The number of benzene rings is 2. The van der Waals surface area contributed by atoms with E-state index in [1.165, 1.54) is 0 Å². The number of hydrogen-bond donors (Lipinski definition) is 1. The number of carbonyl (C=O) groups is 1. The van der Waals surface area contributed by atoms with E-state index < -0.39 is 46.3 Å². The van der Waals surface area contributed by atoms with Crippen LogP contribution in [-0.4, -0.2) is 23.4 Å². The summed E-state index contributed by atoms with van der Waals surface area (Å²) in [6.45, 7) is 0. The molecule has 0 fully saturated rings. The van der Waals surface area contributed by atoms with Gasteiger partial charge >= 0.3 is 18.3 Å². The van der Waals surface area contributed by atoms with E-state index in [2.05, 4.69) is 0 Å². The highest BCUT2D eigenvalue weighted by atomic mass is 35.5. The topological polar surface area (TPSA) is 55.8 Å². The standard InChI is InChI=1S/C18H8Cl2F6O4/c19-11-2-1-8(5-10(11)17(21,22)23)29-14-6-13-7(4-12(14)20)3-9(16(27)28)15(30-13)18(24,25)26/h1-6,15H,(H,27,28). The first-order valence-corrected chi connectivity index (χ1v) is 8.59. The number of fused-ring (bicyclic) bond motifs is 1. The van der Waals surface area contributed by atoms with Gasteiger partial charge in [0.25, 0.3) is 0 Å². The van der Waals surface area contributed by atoms with Crippen molar-refractivity contribution in [3.63, 3.8) is 0 Å². The van der Waals surface area contributed by atoms with Crippen LogP contribution < -0.4 is 9.47 Å². The lowest BCUT2D eigenvalue weighted by molar-refractivity contribution is -0.187. The fourth-order valence-corrected chi connectivity index (χ4v) is 3.04. The van der Waals surface area contributed by atoms with Gasteiger partial charge in [-0.15, -0.1) is 0 Å². The molecule has 1 heterocycles. The second-order valence-corrected chi connectivity index (χ2v) is 6.82. The monoisotopic (exact) mass is 472 g/mol. The molecule has 1 aliphatic heterocycles. The van der Waals surface area contributed by atoms with Crippen LogP contribution in [0.4, 0.5) is 26.3 Å². The fourth-order valence-electron chi connectivity index (χ4n) is 2.61. The molecule has 0 radical (unpaired) electrons. The van der Waals surface area contributed by atoms with Crippen molar-refractivity contribution in [2.75, 3.05) is 0 Å². The van der Waals surface area contributed by atoms with Crippen molar-refractivity contribution in [3.8, 4) is 17.2 Å². The van der Waals surface area contributed by atoms with E-state index in [4.69, 9.17) is 37.8 Å². The van der Waals surface area contributed by atoms with E-state index in [0.717, 1.165) is 30.3 Å². The van der Waals surface area contributed by atoms with E-state index in [9.17, 15) is 31.1 Å². The Balaban J connectivity index is 2.01. The number of alkyl halides is 6. The van der Waals surface area contributed by atoms with Crippen LogP contribution in [0, 0.1) is 0 Å². The highest BCUT2D eigenvalue weighted by Crippen LogP contribution is 2.43. The first kappa shape index (κ1) is 22.1. The molecule has 0 amide bonds. The molecule has 12 heteroatoms. The molecule has 3 rings (SSSR count). The summed E-state index contributed by atoms with van der Waals surface area (Å²) in [7, 11) is 0. The van der Waals surface area contributed by atoms with Gasteiger partial charge in [0.05, 0.1) is 21.2 Å². The Labute approximate surface area is 174 Å². The molecule has 0 spiro atoms. The highest BCUT2D eigenvalue weighted by Gasteiger charge is 2.48. The number of aliphatic carboxylic acids is 1. The molecule has 0 aliphatic carbocycles. The van der Waals surface area contributed by atoms with Crippen LogP contribution in [-0.2, 0) is 11.0 Å². The van der Waals surface area contributed by atoms with Crippen molar-refractivity contribution in [1.82, 2.24) is 0 Å². The van der Waals surface area contributed by atoms with Crippen molar-refractivity contribution < 1.29 is 45.7 Å². The van der Waals surface area contributed by atoms with Crippen LogP contribution >= 0.6 is 23.2 Å². The van der Waals surface area contributed by atoms with Gasteiger partial charge in [-0.3, -0.25) is 0 Å². The number of hydrogen-bond acceptors (Lipinski definition) is 3. The molecule has 4 nitrogen and oxygen atoms in total. The Morgan fingerprint density at radius 1 is 1.03 bits per heavy atom. The summed E-state index contributed by atoms with van der Waals surface area (Å²) in [6, 6.07) is 4.63. The van der Waals surface area contributed by atoms with Gasteiger partial charge in [-0.2, -0.15) is 26.3 Å². The lowest BCUT2D eigenvalue weighted by Gasteiger charge is -2.27. The summed E-state index contributed by atoms with van der Waals surface area (Å²) in [6.07, 6.45) is -11.8. The third-order valence-electron chi connectivity index (χ3n) is 3.92. The third kappa shape index (κ3) is 4.44. The Morgan fingerprint density at radius 3 is 2.27 bits per heavy atom. The number of halogens is 8. The van der Waals surface area contributed by atoms with Gasteiger partial charge in [0.1, 0.15) is 17.2 Å². The maximum atomic E-state index is 13.2. The zero-order valence-electron chi connectivity index (χ0n) is 14.2. The fraction of sp³-hybridized carbons (Fsp3) is 0.167. The second kappa shape index (κ2) is 7.59. The molecule has 2 aromatic carbocycles. The van der Waals surface area contributed by atoms with Crippen LogP contribution in [0.3, 0.4) is 0 Å². The van der Waals surface area contributed by atoms with E-state index in [0.29, 0.717) is 6.07 Å². The summed E-state index contributed by atoms with van der Waals surface area (Å²) in [5.74, 6) is -2.88. The first-order valence-electron chi connectivity index (χ1n) is 7.84. The SMILES string of the molecule is O=C(O)C1=Cc2cc(Cl)c(Oc3ccc(Cl)c(C(F)(F)F)c3)cc2OC1C(F)(F)F. The smallest absolute Gasteiger partial charge is 0.430 e. The molecular formula is C18H8Cl2F6O4. The minimum Gasteiger partial charge on any atom is -0.478 e. The quantitative estimate of drug-likeness (QED) is 0.511. The van der Waals surface area contributed by atoms with E-state index in [-0.39, 0.29) is 22.1 Å². The van der Waals surface area contributed by atoms with E-state index in [1.807, 2.05) is 0 Å². The number of ether oxygens (including phenoxy) is 2. The Morgan fingerprint density at radius 2 is 1.70 bits per heavy atom.